The maximum absolute atomic E-state index is 13.6. The van der Waals surface area contributed by atoms with Gasteiger partial charge in [-0.3, -0.25) is 9.59 Å². The maximum Gasteiger partial charge on any atom is 0.335 e. The topological polar surface area (TPSA) is 101 Å². The summed E-state index contributed by atoms with van der Waals surface area (Å²) >= 11 is 0. The Morgan fingerprint density at radius 1 is 0.909 bits per heavy atom. The lowest BCUT2D eigenvalue weighted by Crippen LogP contribution is -2.46. The van der Waals surface area contributed by atoms with Gasteiger partial charge >= 0.3 is 5.97 Å². The molecule has 0 aromatic heterocycles. The van der Waals surface area contributed by atoms with E-state index in [-0.39, 0.29) is 35.5 Å². The van der Waals surface area contributed by atoms with Gasteiger partial charge in [-0.1, -0.05) is 42.5 Å². The molecule has 174 valence electrons. The van der Waals surface area contributed by atoms with E-state index in [4.69, 9.17) is 10.8 Å². The van der Waals surface area contributed by atoms with Crippen molar-refractivity contribution in [3.05, 3.63) is 71.3 Å². The van der Waals surface area contributed by atoms with Crippen LogP contribution < -0.4 is 5.73 Å². The molecule has 2 aromatic carbocycles. The predicted octanol–water partition coefficient (Wildman–Crippen LogP) is 3.65. The number of rotatable bonds is 7. The molecule has 0 spiro atoms. The average Bonchev–Trinajstić information content (AvgIpc) is 3.30. The molecule has 1 aliphatic carbocycles. The lowest BCUT2D eigenvalue weighted by Gasteiger charge is -2.33. The Morgan fingerprint density at radius 3 is 2.18 bits per heavy atom. The maximum atomic E-state index is 13.6. The third-order valence-corrected chi connectivity index (χ3v) is 7.35. The van der Waals surface area contributed by atoms with E-state index in [0.29, 0.717) is 19.0 Å². The highest BCUT2D eigenvalue weighted by molar-refractivity contribution is 5.93. The van der Waals surface area contributed by atoms with Crippen molar-refractivity contribution in [2.24, 2.45) is 17.6 Å². The Bertz CT molecular complexity index is 981. The van der Waals surface area contributed by atoms with Crippen molar-refractivity contribution in [3.8, 4) is 0 Å². The molecule has 4 rings (SSSR count). The highest BCUT2D eigenvalue weighted by Gasteiger charge is 2.44. The minimum atomic E-state index is -0.992. The van der Waals surface area contributed by atoms with Gasteiger partial charge in [-0.2, -0.15) is 0 Å². The normalized spacial score (nSPS) is 25.1. The molecule has 2 aliphatic rings. The number of nitrogens with two attached hydrogens (primary N) is 1. The summed E-state index contributed by atoms with van der Waals surface area (Å²) in [5, 5.41) is 9.12. The van der Waals surface area contributed by atoms with E-state index in [9.17, 15) is 14.4 Å². The van der Waals surface area contributed by atoms with E-state index in [1.165, 1.54) is 12.1 Å². The number of carboxylic acid groups (broad SMARTS) is 1. The Hall–Kier alpha value is -2.99. The standard InChI is InChI=1S/C27H32N2O4/c28-17-19-8-10-21(11-9-19)26(31)29-15-14-23(20-4-2-1-3-5-20)25(29)24(30)16-18-6-12-22(13-7-18)27(32)33/h1-7,12-13,19,21,23,25H,8-11,14-17,28H2,(H,32,33)/t19?,21?,23-,25+/m0/s1. The zero-order valence-corrected chi connectivity index (χ0v) is 18.9. The molecule has 6 nitrogen and oxygen atoms in total. The molecule has 6 heteroatoms. The number of benzene rings is 2. The minimum absolute atomic E-state index is 0.00780. The Labute approximate surface area is 194 Å². The molecular formula is C27H32N2O4. The van der Waals surface area contributed by atoms with Gasteiger partial charge in [0.1, 0.15) is 0 Å². The van der Waals surface area contributed by atoms with Gasteiger partial charge in [0.25, 0.3) is 0 Å². The van der Waals surface area contributed by atoms with Crippen LogP contribution >= 0.6 is 0 Å². The summed E-state index contributed by atoms with van der Waals surface area (Å²) in [4.78, 5) is 40.1. The fourth-order valence-electron chi connectivity index (χ4n) is 5.44. The van der Waals surface area contributed by atoms with E-state index >= 15 is 0 Å². The molecule has 1 amide bonds. The summed E-state index contributed by atoms with van der Waals surface area (Å²) in [5.74, 6) is -0.449. The number of hydrogen-bond acceptors (Lipinski definition) is 4. The number of hydrogen-bond donors (Lipinski definition) is 2. The second kappa shape index (κ2) is 10.3. The van der Waals surface area contributed by atoms with E-state index in [1.807, 2.05) is 35.2 Å². The van der Waals surface area contributed by atoms with Crippen LogP contribution in [0.5, 0.6) is 0 Å². The number of nitrogens with zero attached hydrogens (tertiary/aromatic N) is 1. The zero-order valence-electron chi connectivity index (χ0n) is 18.9. The molecule has 1 saturated carbocycles. The first kappa shape index (κ1) is 23.2. The number of carbonyl (C=O) groups excluding carboxylic acids is 2. The SMILES string of the molecule is NCC1CCC(C(=O)N2CC[C@@H](c3ccccc3)[C@@H]2C(=O)Cc2ccc(C(=O)O)cc2)CC1. The van der Waals surface area contributed by atoms with Crippen LogP contribution in [-0.4, -0.2) is 46.8 Å². The Balaban J connectivity index is 1.55. The second-order valence-corrected chi connectivity index (χ2v) is 9.38. The van der Waals surface area contributed by atoms with E-state index in [1.54, 1.807) is 12.1 Å². The van der Waals surface area contributed by atoms with Crippen molar-refractivity contribution in [1.29, 1.82) is 0 Å². The van der Waals surface area contributed by atoms with E-state index < -0.39 is 12.0 Å². The summed E-state index contributed by atoms with van der Waals surface area (Å²) < 4.78 is 0. The highest BCUT2D eigenvalue weighted by atomic mass is 16.4. The number of Topliss-reactive ketones (excluding diaryl/α,β-unsaturated/α-hetero) is 1. The monoisotopic (exact) mass is 448 g/mol. The van der Waals surface area contributed by atoms with Crippen molar-refractivity contribution >= 4 is 17.7 Å². The van der Waals surface area contributed by atoms with Crippen molar-refractivity contribution in [2.75, 3.05) is 13.1 Å². The zero-order chi connectivity index (χ0) is 23.4. The number of carboxylic acids is 1. The molecule has 0 bridgehead atoms. The molecule has 1 saturated heterocycles. The van der Waals surface area contributed by atoms with Crippen molar-refractivity contribution in [2.45, 2.75) is 50.5 Å². The van der Waals surface area contributed by atoms with Crippen LogP contribution in [0.4, 0.5) is 0 Å². The van der Waals surface area contributed by atoms with Crippen LogP contribution in [0.15, 0.2) is 54.6 Å². The summed E-state index contributed by atoms with van der Waals surface area (Å²) in [6.45, 7) is 1.26. The molecule has 1 aliphatic heterocycles. The van der Waals surface area contributed by atoms with Gasteiger partial charge in [0.15, 0.2) is 5.78 Å². The largest absolute Gasteiger partial charge is 0.478 e. The third kappa shape index (κ3) is 5.17. The summed E-state index contributed by atoms with van der Waals surface area (Å²) in [7, 11) is 0. The number of carbonyl (C=O) groups is 3. The highest BCUT2D eigenvalue weighted by Crippen LogP contribution is 2.38. The molecule has 0 unspecified atom stereocenters. The Kier molecular flexibility index (Phi) is 7.23. The number of ketones is 1. The summed E-state index contributed by atoms with van der Waals surface area (Å²) in [5.41, 5.74) is 7.86. The van der Waals surface area contributed by atoms with Crippen molar-refractivity contribution in [1.82, 2.24) is 4.90 Å². The molecule has 3 N–H and O–H groups in total. The first-order valence-electron chi connectivity index (χ1n) is 11.9. The van der Waals surface area contributed by atoms with Crippen LogP contribution in [0.25, 0.3) is 0 Å². The molecule has 1 heterocycles. The molecule has 0 radical (unpaired) electrons. The first-order chi connectivity index (χ1) is 16.0. The van der Waals surface area contributed by atoms with Crippen LogP contribution in [-0.2, 0) is 16.0 Å². The fraction of sp³-hybridized carbons (Fsp3) is 0.444. The number of likely N-dealkylation sites (tertiary alicyclic amines) is 1. The minimum Gasteiger partial charge on any atom is -0.478 e. The number of aromatic carboxylic acids is 1. The second-order valence-electron chi connectivity index (χ2n) is 9.38. The number of amides is 1. The molecule has 2 fully saturated rings. The quantitative estimate of drug-likeness (QED) is 0.673. The Morgan fingerprint density at radius 2 is 1.58 bits per heavy atom. The van der Waals surface area contributed by atoms with E-state index in [2.05, 4.69) is 0 Å². The van der Waals surface area contributed by atoms with Crippen LogP contribution in [0.3, 0.4) is 0 Å². The van der Waals surface area contributed by atoms with Gasteiger partial charge in [0.2, 0.25) is 5.91 Å². The lowest BCUT2D eigenvalue weighted by molar-refractivity contribution is -0.142. The van der Waals surface area contributed by atoms with Gasteiger partial charge in [0, 0.05) is 24.8 Å². The van der Waals surface area contributed by atoms with E-state index in [0.717, 1.165) is 43.2 Å². The third-order valence-electron chi connectivity index (χ3n) is 7.35. The van der Waals surface area contributed by atoms with Gasteiger partial charge in [-0.15, -0.1) is 0 Å². The molecule has 2 aromatic rings. The molecule has 33 heavy (non-hydrogen) atoms. The van der Waals surface area contributed by atoms with Crippen molar-refractivity contribution in [3.63, 3.8) is 0 Å². The summed E-state index contributed by atoms with van der Waals surface area (Å²) in [6.07, 6.45) is 4.56. The van der Waals surface area contributed by atoms with Gasteiger partial charge < -0.3 is 15.7 Å². The lowest BCUT2D eigenvalue weighted by atomic mass is 9.81. The summed E-state index contributed by atoms with van der Waals surface area (Å²) in [6, 6.07) is 15.9. The van der Waals surface area contributed by atoms with Crippen LogP contribution in [0.2, 0.25) is 0 Å². The first-order valence-corrected chi connectivity index (χ1v) is 11.9. The van der Waals surface area contributed by atoms with Crippen LogP contribution in [0, 0.1) is 11.8 Å². The van der Waals surface area contributed by atoms with Gasteiger partial charge in [-0.05, 0) is 67.8 Å². The average molecular weight is 449 g/mol. The molecular weight excluding hydrogens is 416 g/mol. The fourth-order valence-corrected chi connectivity index (χ4v) is 5.44. The van der Waals surface area contributed by atoms with Gasteiger partial charge in [-0.25, -0.2) is 4.79 Å². The predicted molar refractivity (Wildman–Crippen MR) is 126 cm³/mol. The van der Waals surface area contributed by atoms with Crippen LogP contribution in [0.1, 0.15) is 59.5 Å². The van der Waals surface area contributed by atoms with Gasteiger partial charge in [0.05, 0.1) is 11.6 Å². The smallest absolute Gasteiger partial charge is 0.335 e. The van der Waals surface area contributed by atoms with Crippen molar-refractivity contribution < 1.29 is 19.5 Å². The molecule has 2 atom stereocenters.